The number of rotatable bonds is 6. The van der Waals surface area contributed by atoms with E-state index in [1.165, 1.54) is 0 Å². The van der Waals surface area contributed by atoms with Crippen LogP contribution in [-0.2, 0) is 40.6 Å². The van der Waals surface area contributed by atoms with Gasteiger partial charge in [-0.25, -0.2) is 8.78 Å². The molecule has 3 aliphatic rings. The molecule has 1 unspecified atom stereocenters. The molecule has 0 spiro atoms. The molecule has 1 aliphatic carbocycles. The third-order valence-corrected chi connectivity index (χ3v) is 8.31. The number of ether oxygens (including phenoxy) is 2. The topological polar surface area (TPSA) is 74.4 Å². The summed E-state index contributed by atoms with van der Waals surface area (Å²) in [7, 11) is 1.78. The van der Waals surface area contributed by atoms with Crippen molar-refractivity contribution >= 4 is 17.5 Å². The Morgan fingerprint density at radius 1 is 1.21 bits per heavy atom. The molecule has 1 atom stereocenters. The quantitative estimate of drug-likeness (QED) is 0.395. The highest BCUT2D eigenvalue weighted by atomic mass is 19.3. The zero-order valence-corrected chi connectivity index (χ0v) is 22.5. The van der Waals surface area contributed by atoms with E-state index in [4.69, 9.17) is 14.6 Å². The van der Waals surface area contributed by atoms with Crippen molar-refractivity contribution in [1.82, 2.24) is 19.6 Å². The Morgan fingerprint density at radius 3 is 2.74 bits per heavy atom. The molecule has 0 N–H and O–H groups in total. The second-order valence-corrected chi connectivity index (χ2v) is 10.8. The highest BCUT2D eigenvalue weighted by molar-refractivity contribution is 5.78. The molecule has 0 radical (unpaired) electrons. The first-order valence-electron chi connectivity index (χ1n) is 14.0. The number of hydrogen-bond acceptors (Lipinski definition) is 6. The summed E-state index contributed by atoms with van der Waals surface area (Å²) in [5, 5.41) is 9.37. The summed E-state index contributed by atoms with van der Waals surface area (Å²) in [5.74, 6) is 0.395. The largest absolute Gasteiger partial charge is 0.466 e. The number of hydrogen-bond donors (Lipinski definition) is 0. The number of aromatic nitrogens is 4. The van der Waals surface area contributed by atoms with E-state index in [9.17, 15) is 13.6 Å². The van der Waals surface area contributed by atoms with Crippen molar-refractivity contribution in [2.24, 2.45) is 13.0 Å². The number of nitrogens with zero attached hydrogens (tertiary/aromatic N) is 5. The Bertz CT molecular complexity index is 1360. The standard InChI is InChI=1S/C29H35F2N5O3/c1-3-39-29(37)19-6-7-25-24(14-19)28(33-36(25)21-8-11-38-12-9-21)35-10-4-5-18-13-22(20-16-32-34(2)17-20)23(27(30)31)15-26(18)35/h13,15-17,19,21,27H,3-12,14H2,1-2H3. The van der Waals surface area contributed by atoms with Crippen LogP contribution in [-0.4, -0.2) is 51.9 Å². The lowest BCUT2D eigenvalue weighted by Gasteiger charge is -2.32. The number of carbonyl (C=O) groups excluding carboxylic acids is 1. The van der Waals surface area contributed by atoms with Crippen molar-refractivity contribution in [2.75, 3.05) is 31.3 Å². The van der Waals surface area contributed by atoms with E-state index >= 15 is 0 Å². The van der Waals surface area contributed by atoms with Gasteiger partial charge in [0, 0.05) is 61.1 Å². The van der Waals surface area contributed by atoms with Crippen LogP contribution in [0.15, 0.2) is 24.5 Å². The molecule has 2 aromatic heterocycles. The number of anilines is 2. The van der Waals surface area contributed by atoms with E-state index in [0.29, 0.717) is 43.9 Å². The Kier molecular flexibility index (Phi) is 7.14. The third kappa shape index (κ3) is 4.83. The van der Waals surface area contributed by atoms with Gasteiger partial charge >= 0.3 is 5.97 Å². The van der Waals surface area contributed by atoms with E-state index in [1.54, 1.807) is 30.2 Å². The summed E-state index contributed by atoms with van der Waals surface area (Å²) in [6, 6.07) is 3.78. The van der Waals surface area contributed by atoms with Crippen LogP contribution in [0.2, 0.25) is 0 Å². The van der Waals surface area contributed by atoms with Gasteiger partial charge in [-0.15, -0.1) is 0 Å². The van der Waals surface area contributed by atoms with Gasteiger partial charge in [-0.05, 0) is 75.1 Å². The average Bonchev–Trinajstić information content (AvgIpc) is 3.56. The Balaban J connectivity index is 1.45. The summed E-state index contributed by atoms with van der Waals surface area (Å²) in [5.41, 5.74) is 5.22. The number of halogens is 2. The monoisotopic (exact) mass is 539 g/mol. The lowest BCUT2D eigenvalue weighted by atomic mass is 9.86. The van der Waals surface area contributed by atoms with Crippen LogP contribution < -0.4 is 4.90 Å². The molecule has 2 aliphatic heterocycles. The zero-order chi connectivity index (χ0) is 27.1. The Labute approximate surface area is 226 Å². The molecular formula is C29H35F2N5O3. The van der Waals surface area contributed by atoms with Gasteiger partial charge in [0.2, 0.25) is 0 Å². The van der Waals surface area contributed by atoms with Gasteiger partial charge in [0.15, 0.2) is 5.82 Å². The van der Waals surface area contributed by atoms with Crippen LogP contribution in [0.1, 0.15) is 67.5 Å². The lowest BCUT2D eigenvalue weighted by molar-refractivity contribution is -0.148. The fourth-order valence-corrected chi connectivity index (χ4v) is 6.39. The highest BCUT2D eigenvalue weighted by Crippen LogP contribution is 2.44. The van der Waals surface area contributed by atoms with Crippen molar-refractivity contribution in [1.29, 1.82) is 0 Å². The van der Waals surface area contributed by atoms with E-state index in [0.717, 1.165) is 66.9 Å². The second-order valence-electron chi connectivity index (χ2n) is 10.8. The Hall–Kier alpha value is -3.27. The van der Waals surface area contributed by atoms with Crippen molar-refractivity contribution in [2.45, 2.75) is 64.3 Å². The molecule has 8 nitrogen and oxygen atoms in total. The fraction of sp³-hybridized carbons (Fsp3) is 0.552. The third-order valence-electron chi connectivity index (χ3n) is 8.31. The number of alkyl halides is 2. The molecule has 6 rings (SSSR count). The van der Waals surface area contributed by atoms with Gasteiger partial charge in [-0.1, -0.05) is 0 Å². The van der Waals surface area contributed by atoms with Crippen molar-refractivity contribution in [3.05, 3.63) is 46.9 Å². The zero-order valence-electron chi connectivity index (χ0n) is 22.5. The van der Waals surface area contributed by atoms with Crippen LogP contribution >= 0.6 is 0 Å². The van der Waals surface area contributed by atoms with E-state index in [-0.39, 0.29) is 23.5 Å². The maximum atomic E-state index is 14.4. The SMILES string of the molecule is CCOC(=O)C1CCc2c(c(N3CCCc4cc(-c5cnn(C)c5)c(C(F)F)cc43)nn2C2CCOCC2)C1. The van der Waals surface area contributed by atoms with Crippen molar-refractivity contribution in [3.63, 3.8) is 0 Å². The van der Waals surface area contributed by atoms with Crippen LogP contribution in [0.4, 0.5) is 20.3 Å². The number of esters is 1. The molecule has 208 valence electrons. The Morgan fingerprint density at radius 2 is 2.03 bits per heavy atom. The average molecular weight is 540 g/mol. The lowest BCUT2D eigenvalue weighted by Crippen LogP contribution is -2.29. The molecule has 10 heteroatoms. The van der Waals surface area contributed by atoms with Gasteiger partial charge < -0.3 is 14.4 Å². The summed E-state index contributed by atoms with van der Waals surface area (Å²) in [4.78, 5) is 14.8. The molecule has 0 bridgehead atoms. The molecule has 0 saturated carbocycles. The molecular weight excluding hydrogens is 504 g/mol. The first-order chi connectivity index (χ1) is 18.9. The molecule has 39 heavy (non-hydrogen) atoms. The number of benzene rings is 1. The second kappa shape index (κ2) is 10.7. The molecule has 4 heterocycles. The van der Waals surface area contributed by atoms with Gasteiger partial charge in [-0.3, -0.25) is 14.2 Å². The minimum atomic E-state index is -2.63. The van der Waals surface area contributed by atoms with Gasteiger partial charge in [-0.2, -0.15) is 10.2 Å². The van der Waals surface area contributed by atoms with Gasteiger partial charge in [0.1, 0.15) is 0 Å². The number of aryl methyl sites for hydroxylation is 2. The van der Waals surface area contributed by atoms with Gasteiger partial charge in [0.25, 0.3) is 6.43 Å². The number of carbonyl (C=O) groups is 1. The predicted molar refractivity (Wildman–Crippen MR) is 142 cm³/mol. The van der Waals surface area contributed by atoms with E-state index in [2.05, 4.69) is 14.7 Å². The maximum Gasteiger partial charge on any atom is 0.309 e. The molecule has 0 amide bonds. The summed E-state index contributed by atoms with van der Waals surface area (Å²) >= 11 is 0. The molecule has 3 aromatic rings. The van der Waals surface area contributed by atoms with Crippen LogP contribution in [0.3, 0.4) is 0 Å². The molecule has 1 fully saturated rings. The van der Waals surface area contributed by atoms with Crippen LogP contribution in [0.5, 0.6) is 0 Å². The smallest absolute Gasteiger partial charge is 0.309 e. The summed E-state index contributed by atoms with van der Waals surface area (Å²) in [6.07, 6.45) is 6.25. The summed E-state index contributed by atoms with van der Waals surface area (Å²) in [6.45, 7) is 4.25. The normalized spacial score (nSPS) is 19.7. The van der Waals surface area contributed by atoms with Crippen molar-refractivity contribution < 1.29 is 23.0 Å². The predicted octanol–water partition coefficient (Wildman–Crippen LogP) is 5.33. The van der Waals surface area contributed by atoms with Crippen LogP contribution in [0.25, 0.3) is 11.1 Å². The fourth-order valence-electron chi connectivity index (χ4n) is 6.39. The van der Waals surface area contributed by atoms with Crippen molar-refractivity contribution in [3.8, 4) is 11.1 Å². The van der Waals surface area contributed by atoms with Gasteiger partial charge in [0.05, 0.1) is 24.8 Å². The van der Waals surface area contributed by atoms with E-state index in [1.807, 2.05) is 13.0 Å². The maximum absolute atomic E-state index is 14.4. The number of fused-ring (bicyclic) bond motifs is 2. The minimum absolute atomic E-state index is 0.00391. The van der Waals surface area contributed by atoms with E-state index < -0.39 is 6.43 Å². The minimum Gasteiger partial charge on any atom is -0.466 e. The summed E-state index contributed by atoms with van der Waals surface area (Å²) < 4.78 is 43.6. The molecule has 1 saturated heterocycles. The van der Waals surface area contributed by atoms with Crippen LogP contribution in [0, 0.1) is 5.92 Å². The first kappa shape index (κ1) is 26.0. The highest BCUT2D eigenvalue weighted by Gasteiger charge is 2.36. The molecule has 1 aromatic carbocycles. The first-order valence-corrected chi connectivity index (χ1v) is 14.0.